The van der Waals surface area contributed by atoms with Crippen LogP contribution in [0.5, 0.6) is 0 Å². The van der Waals surface area contributed by atoms with Gasteiger partial charge >= 0.3 is 0 Å². The lowest BCUT2D eigenvalue weighted by molar-refractivity contribution is 0.0934. The van der Waals surface area contributed by atoms with Gasteiger partial charge in [-0.1, -0.05) is 0 Å². The topological polar surface area (TPSA) is 89.1 Å². The van der Waals surface area contributed by atoms with Crippen molar-refractivity contribution < 1.29 is 9.21 Å². The zero-order valence-corrected chi connectivity index (χ0v) is 15.2. The summed E-state index contributed by atoms with van der Waals surface area (Å²) in [5.41, 5.74) is 1.50. The largest absolute Gasteiger partial charge is 0.465 e. The van der Waals surface area contributed by atoms with Crippen molar-refractivity contribution in [1.82, 2.24) is 30.0 Å². The number of aromatic nitrogens is 4. The lowest BCUT2D eigenvalue weighted by Gasteiger charge is -2.23. The van der Waals surface area contributed by atoms with Gasteiger partial charge in [0.25, 0.3) is 5.91 Å². The van der Waals surface area contributed by atoms with E-state index in [4.69, 9.17) is 4.42 Å². The van der Waals surface area contributed by atoms with Crippen LogP contribution in [-0.4, -0.2) is 43.6 Å². The Kier molecular flexibility index (Phi) is 4.97. The molecule has 0 saturated carbocycles. The molecule has 0 unspecified atom stereocenters. The van der Waals surface area contributed by atoms with Crippen LogP contribution in [0.2, 0.25) is 0 Å². The summed E-state index contributed by atoms with van der Waals surface area (Å²) in [6.45, 7) is 5.62. The molecule has 0 aromatic carbocycles. The average molecular weight is 366 g/mol. The highest BCUT2D eigenvalue weighted by Crippen LogP contribution is 2.19. The second-order valence-corrected chi connectivity index (χ2v) is 6.85. The van der Waals surface area contributed by atoms with E-state index in [0.29, 0.717) is 12.2 Å². The van der Waals surface area contributed by atoms with Gasteiger partial charge in [0.2, 0.25) is 0 Å². The lowest BCUT2D eigenvalue weighted by Crippen LogP contribution is -2.36. The zero-order valence-electron chi connectivity index (χ0n) is 15.2. The fourth-order valence-electron chi connectivity index (χ4n) is 3.40. The number of amides is 1. The standard InChI is InChI=1S/C19H22N6O2/c1-14-2-3-17(27-14)13-24-10-15(11-25-16(12-24)4-5-23-25)8-22-19(26)18-9-20-6-7-21-18/h2-7,9,15H,8,10-13H2,1H3,(H,22,26)/t15-/m0/s1. The quantitative estimate of drug-likeness (QED) is 0.738. The highest BCUT2D eigenvalue weighted by atomic mass is 16.3. The third-order valence-electron chi connectivity index (χ3n) is 4.66. The predicted molar refractivity (Wildman–Crippen MR) is 97.6 cm³/mol. The van der Waals surface area contributed by atoms with E-state index in [2.05, 4.69) is 25.3 Å². The Morgan fingerprint density at radius 3 is 2.96 bits per heavy atom. The second kappa shape index (κ2) is 7.71. The van der Waals surface area contributed by atoms with Gasteiger partial charge in [-0.25, -0.2) is 4.98 Å². The van der Waals surface area contributed by atoms with Gasteiger partial charge in [-0.2, -0.15) is 5.10 Å². The monoisotopic (exact) mass is 366 g/mol. The molecule has 3 aromatic heterocycles. The fourth-order valence-corrected chi connectivity index (χ4v) is 3.40. The number of furan rings is 1. The molecule has 1 N–H and O–H groups in total. The number of hydrogen-bond donors (Lipinski definition) is 1. The fraction of sp³-hybridized carbons (Fsp3) is 0.368. The summed E-state index contributed by atoms with van der Waals surface area (Å²) >= 11 is 0. The third kappa shape index (κ3) is 4.22. The van der Waals surface area contributed by atoms with E-state index in [0.717, 1.165) is 37.7 Å². The molecule has 27 heavy (non-hydrogen) atoms. The first-order valence-corrected chi connectivity index (χ1v) is 9.00. The van der Waals surface area contributed by atoms with Crippen molar-refractivity contribution in [2.75, 3.05) is 13.1 Å². The van der Waals surface area contributed by atoms with Crippen molar-refractivity contribution in [1.29, 1.82) is 0 Å². The van der Waals surface area contributed by atoms with Crippen LogP contribution in [0.1, 0.15) is 27.7 Å². The number of fused-ring (bicyclic) bond motifs is 1. The Morgan fingerprint density at radius 2 is 2.19 bits per heavy atom. The van der Waals surface area contributed by atoms with Gasteiger partial charge in [0.1, 0.15) is 17.2 Å². The SMILES string of the molecule is Cc1ccc(CN2Cc3ccnn3C[C@@H](CNC(=O)c3cnccn3)C2)o1. The molecular weight excluding hydrogens is 344 g/mol. The van der Waals surface area contributed by atoms with E-state index in [1.807, 2.05) is 36.0 Å². The first kappa shape index (κ1) is 17.4. The maximum Gasteiger partial charge on any atom is 0.271 e. The minimum Gasteiger partial charge on any atom is -0.465 e. The van der Waals surface area contributed by atoms with Crippen LogP contribution in [0.25, 0.3) is 0 Å². The number of rotatable bonds is 5. The van der Waals surface area contributed by atoms with Crippen LogP contribution in [-0.2, 0) is 19.6 Å². The van der Waals surface area contributed by atoms with Gasteiger partial charge in [0.15, 0.2) is 0 Å². The van der Waals surface area contributed by atoms with Crippen molar-refractivity contribution in [2.24, 2.45) is 5.92 Å². The van der Waals surface area contributed by atoms with E-state index >= 15 is 0 Å². The van der Waals surface area contributed by atoms with E-state index in [-0.39, 0.29) is 11.8 Å². The van der Waals surface area contributed by atoms with E-state index in [1.165, 1.54) is 18.1 Å². The lowest BCUT2D eigenvalue weighted by atomic mass is 10.1. The molecule has 0 fully saturated rings. The van der Waals surface area contributed by atoms with Crippen molar-refractivity contribution in [2.45, 2.75) is 26.6 Å². The summed E-state index contributed by atoms with van der Waals surface area (Å²) in [4.78, 5) is 22.6. The van der Waals surface area contributed by atoms with Gasteiger partial charge in [0.05, 0.1) is 18.4 Å². The molecule has 4 rings (SSSR count). The van der Waals surface area contributed by atoms with Crippen LogP contribution >= 0.6 is 0 Å². The Hall–Kier alpha value is -3.00. The van der Waals surface area contributed by atoms with Crippen LogP contribution in [0.4, 0.5) is 0 Å². The minimum atomic E-state index is -0.207. The zero-order chi connectivity index (χ0) is 18.6. The second-order valence-electron chi connectivity index (χ2n) is 6.85. The van der Waals surface area contributed by atoms with Crippen LogP contribution in [0.15, 0.2) is 47.4 Å². The molecule has 0 saturated heterocycles. The number of carbonyl (C=O) groups is 1. The summed E-state index contributed by atoms with van der Waals surface area (Å²) < 4.78 is 7.76. The van der Waals surface area contributed by atoms with Gasteiger partial charge in [-0.05, 0) is 25.1 Å². The summed E-state index contributed by atoms with van der Waals surface area (Å²) in [5, 5.41) is 7.40. The van der Waals surface area contributed by atoms with Gasteiger partial charge in [-0.15, -0.1) is 0 Å². The Bertz CT molecular complexity index is 904. The molecule has 1 amide bonds. The van der Waals surface area contributed by atoms with E-state index in [1.54, 1.807) is 6.20 Å². The summed E-state index contributed by atoms with van der Waals surface area (Å²) in [7, 11) is 0. The number of nitrogens with zero attached hydrogens (tertiary/aromatic N) is 5. The summed E-state index contributed by atoms with van der Waals surface area (Å²) in [6.07, 6.45) is 6.36. The highest BCUT2D eigenvalue weighted by molar-refractivity contribution is 5.91. The van der Waals surface area contributed by atoms with Crippen molar-refractivity contribution in [3.8, 4) is 0 Å². The number of nitrogens with one attached hydrogen (secondary N) is 1. The molecule has 1 aliphatic heterocycles. The van der Waals surface area contributed by atoms with Gasteiger partial charge in [0, 0.05) is 50.7 Å². The first-order chi connectivity index (χ1) is 13.2. The van der Waals surface area contributed by atoms with E-state index < -0.39 is 0 Å². The molecule has 1 aliphatic rings. The smallest absolute Gasteiger partial charge is 0.271 e. The molecule has 8 nitrogen and oxygen atoms in total. The summed E-state index contributed by atoms with van der Waals surface area (Å²) in [6, 6.07) is 6.04. The Balaban J connectivity index is 1.44. The van der Waals surface area contributed by atoms with Crippen LogP contribution < -0.4 is 5.32 Å². The van der Waals surface area contributed by atoms with Crippen molar-refractivity contribution in [3.63, 3.8) is 0 Å². The molecule has 0 aliphatic carbocycles. The van der Waals surface area contributed by atoms with E-state index in [9.17, 15) is 4.79 Å². The van der Waals surface area contributed by atoms with Gasteiger partial charge < -0.3 is 9.73 Å². The predicted octanol–water partition coefficient (Wildman–Crippen LogP) is 1.64. The molecule has 8 heteroatoms. The van der Waals surface area contributed by atoms with Crippen LogP contribution in [0, 0.1) is 12.8 Å². The molecule has 3 aromatic rings. The molecular formula is C19H22N6O2. The minimum absolute atomic E-state index is 0.207. The maximum atomic E-state index is 12.3. The summed E-state index contributed by atoms with van der Waals surface area (Å²) in [5.74, 6) is 1.88. The number of carbonyl (C=O) groups excluding carboxylic acids is 1. The van der Waals surface area contributed by atoms with Crippen molar-refractivity contribution in [3.05, 3.63) is 65.9 Å². The number of hydrogen-bond acceptors (Lipinski definition) is 6. The molecule has 140 valence electrons. The average Bonchev–Trinajstić information content (AvgIpc) is 3.25. The molecule has 1 atom stereocenters. The first-order valence-electron chi connectivity index (χ1n) is 9.00. The van der Waals surface area contributed by atoms with Gasteiger partial charge in [-0.3, -0.25) is 19.4 Å². The molecule has 4 heterocycles. The molecule has 0 spiro atoms. The molecule has 0 radical (unpaired) electrons. The normalized spacial score (nSPS) is 17.3. The highest BCUT2D eigenvalue weighted by Gasteiger charge is 2.24. The third-order valence-corrected chi connectivity index (χ3v) is 4.66. The Morgan fingerprint density at radius 1 is 1.26 bits per heavy atom. The maximum absolute atomic E-state index is 12.3. The molecule has 0 bridgehead atoms. The Labute approximate surface area is 157 Å². The van der Waals surface area contributed by atoms with Crippen molar-refractivity contribution >= 4 is 5.91 Å². The van der Waals surface area contributed by atoms with Crippen LogP contribution in [0.3, 0.4) is 0 Å². The number of aryl methyl sites for hydroxylation is 1.